The smallest absolute Gasteiger partial charge is 0.328 e. The van der Waals surface area contributed by atoms with Gasteiger partial charge in [-0.15, -0.1) is 0 Å². The van der Waals surface area contributed by atoms with Gasteiger partial charge in [-0.05, 0) is 25.0 Å². The molecule has 0 heterocycles. The van der Waals surface area contributed by atoms with Gasteiger partial charge in [0.15, 0.2) is 0 Å². The Morgan fingerprint density at radius 3 is 2.03 bits per heavy atom. The predicted octanol–water partition coefficient (Wildman–Crippen LogP) is 2.00. The number of hydrogen-bond acceptors (Lipinski definition) is 6. The first-order valence-electron chi connectivity index (χ1n) is 10.1. The lowest BCUT2D eigenvalue weighted by Gasteiger charge is -2.19. The molecule has 0 unspecified atom stereocenters. The van der Waals surface area contributed by atoms with Gasteiger partial charge in [0.05, 0.1) is 6.04 Å². The number of nitrogens with one attached hydrogen (secondary N) is 2. The molecule has 2 aromatic carbocycles. The molecule has 0 spiro atoms. The molecule has 8 heteroatoms. The third-order valence-corrected chi connectivity index (χ3v) is 5.57. The third kappa shape index (κ3) is 8.82. The van der Waals surface area contributed by atoms with Gasteiger partial charge >= 0.3 is 5.97 Å². The minimum atomic E-state index is -0.842. The van der Waals surface area contributed by atoms with Crippen molar-refractivity contribution in [3.8, 4) is 0 Å². The van der Waals surface area contributed by atoms with Crippen LogP contribution in [0.3, 0.4) is 0 Å². The number of carbonyl (C=O) groups excluding carboxylic acids is 3. The highest BCUT2D eigenvalue weighted by molar-refractivity contribution is 7.98. The molecule has 0 aromatic heterocycles. The fourth-order valence-electron chi connectivity index (χ4n) is 2.59. The molecule has 2 rings (SSSR count). The zero-order valence-corrected chi connectivity index (χ0v) is 18.6. The van der Waals surface area contributed by atoms with Gasteiger partial charge in [0.2, 0.25) is 11.8 Å². The summed E-state index contributed by atoms with van der Waals surface area (Å²) >= 11 is 1.55. The highest BCUT2D eigenvalue weighted by Gasteiger charge is 2.23. The maximum Gasteiger partial charge on any atom is 0.328 e. The number of esters is 1. The van der Waals surface area contributed by atoms with Crippen LogP contribution < -0.4 is 16.4 Å². The molecule has 4 N–H and O–H groups in total. The monoisotopic (exact) mass is 443 g/mol. The number of amides is 2. The highest BCUT2D eigenvalue weighted by atomic mass is 32.2. The third-order valence-electron chi connectivity index (χ3n) is 4.43. The number of rotatable bonds is 11. The lowest BCUT2D eigenvalue weighted by Crippen LogP contribution is -2.53. The molecule has 31 heavy (non-hydrogen) atoms. The van der Waals surface area contributed by atoms with Gasteiger partial charge in [0.1, 0.15) is 18.7 Å². The molecule has 2 aromatic rings. The van der Waals surface area contributed by atoms with Gasteiger partial charge in [0, 0.05) is 11.5 Å². The van der Waals surface area contributed by atoms with E-state index < -0.39 is 35.9 Å². The zero-order chi connectivity index (χ0) is 22.6. The molecule has 0 aliphatic carbocycles. The van der Waals surface area contributed by atoms with Crippen molar-refractivity contribution in [3.05, 3.63) is 71.8 Å². The Morgan fingerprint density at radius 1 is 0.871 bits per heavy atom. The summed E-state index contributed by atoms with van der Waals surface area (Å²) in [7, 11) is 0. The summed E-state index contributed by atoms with van der Waals surface area (Å²) in [6.45, 7) is 3.20. The molecule has 0 aliphatic rings. The van der Waals surface area contributed by atoms with E-state index in [2.05, 4.69) is 10.6 Å². The maximum absolute atomic E-state index is 12.3. The average molecular weight is 444 g/mol. The van der Waals surface area contributed by atoms with Crippen molar-refractivity contribution in [1.82, 2.24) is 10.6 Å². The molecular weight excluding hydrogens is 414 g/mol. The van der Waals surface area contributed by atoms with Crippen LogP contribution in [-0.4, -0.2) is 41.7 Å². The predicted molar refractivity (Wildman–Crippen MR) is 122 cm³/mol. The first kappa shape index (κ1) is 24.4. The summed E-state index contributed by atoms with van der Waals surface area (Å²) in [6, 6.07) is 16.7. The van der Waals surface area contributed by atoms with E-state index in [0.29, 0.717) is 5.75 Å². The molecule has 2 amide bonds. The molecular formula is C23H29N3O4S. The molecule has 0 saturated heterocycles. The van der Waals surface area contributed by atoms with E-state index in [1.165, 1.54) is 6.92 Å². The standard InChI is InChI=1S/C23H29N3O4S/c1-16(25-22(28)20(24)15-31-14-19-11-7-4-8-12-19)21(27)26-17(2)23(29)30-13-18-9-5-3-6-10-18/h3-12,16-17,20H,13-15,24H2,1-2H3,(H,25,28)(H,26,27)/t16-,17-,20-/m0/s1. The van der Waals surface area contributed by atoms with Gasteiger partial charge in [-0.1, -0.05) is 60.7 Å². The minimum absolute atomic E-state index is 0.127. The molecule has 0 aliphatic heterocycles. The number of carbonyl (C=O) groups is 3. The number of thioether (sulfide) groups is 1. The van der Waals surface area contributed by atoms with Gasteiger partial charge in [-0.3, -0.25) is 9.59 Å². The van der Waals surface area contributed by atoms with Gasteiger partial charge < -0.3 is 21.1 Å². The SMILES string of the molecule is C[C@H](NC(=O)[C@@H](N)CSCc1ccccc1)C(=O)N[C@@H](C)C(=O)OCc1ccccc1. The highest BCUT2D eigenvalue weighted by Crippen LogP contribution is 2.12. The van der Waals surface area contributed by atoms with Gasteiger partial charge in [-0.25, -0.2) is 4.79 Å². The van der Waals surface area contributed by atoms with Crippen LogP contribution in [0, 0.1) is 0 Å². The second kappa shape index (κ2) is 12.8. The summed E-state index contributed by atoms with van der Waals surface area (Å²) in [5, 5.41) is 5.14. The van der Waals surface area contributed by atoms with Crippen LogP contribution in [0.5, 0.6) is 0 Å². The molecule has 0 bridgehead atoms. The Hall–Kier alpha value is -2.84. The summed E-state index contributed by atoms with van der Waals surface area (Å²) < 4.78 is 5.21. The van der Waals surface area contributed by atoms with Crippen LogP contribution >= 0.6 is 11.8 Å². The Balaban J connectivity index is 1.69. The second-order valence-corrected chi connectivity index (χ2v) is 8.19. The lowest BCUT2D eigenvalue weighted by atomic mass is 10.2. The zero-order valence-electron chi connectivity index (χ0n) is 17.7. The number of nitrogens with two attached hydrogens (primary N) is 1. The Bertz CT molecular complexity index is 848. The van der Waals surface area contributed by atoms with Crippen molar-refractivity contribution in [3.63, 3.8) is 0 Å². The van der Waals surface area contributed by atoms with Crippen LogP contribution in [0.4, 0.5) is 0 Å². The van der Waals surface area contributed by atoms with Crippen LogP contribution in [0.2, 0.25) is 0 Å². The van der Waals surface area contributed by atoms with Crippen LogP contribution in [0.1, 0.15) is 25.0 Å². The normalized spacial score (nSPS) is 13.5. The molecule has 0 saturated carbocycles. The minimum Gasteiger partial charge on any atom is -0.459 e. The molecule has 0 fully saturated rings. The molecule has 7 nitrogen and oxygen atoms in total. The summed E-state index contributed by atoms with van der Waals surface area (Å²) in [5.41, 5.74) is 7.94. The average Bonchev–Trinajstić information content (AvgIpc) is 2.78. The summed E-state index contributed by atoms with van der Waals surface area (Å²) in [4.78, 5) is 36.7. The van der Waals surface area contributed by atoms with Crippen LogP contribution in [0.25, 0.3) is 0 Å². The first-order chi connectivity index (χ1) is 14.9. The van der Waals surface area contributed by atoms with Crippen LogP contribution in [-0.2, 0) is 31.5 Å². The molecule has 0 radical (unpaired) electrons. The van der Waals surface area contributed by atoms with Crippen LogP contribution in [0.15, 0.2) is 60.7 Å². The summed E-state index contributed by atoms with van der Waals surface area (Å²) in [6.07, 6.45) is 0. The number of ether oxygens (including phenoxy) is 1. The lowest BCUT2D eigenvalue weighted by molar-refractivity contribution is -0.148. The van der Waals surface area contributed by atoms with E-state index in [-0.39, 0.29) is 6.61 Å². The van der Waals surface area contributed by atoms with Crippen molar-refractivity contribution in [2.24, 2.45) is 5.73 Å². The number of hydrogen-bond donors (Lipinski definition) is 3. The van der Waals surface area contributed by atoms with E-state index in [1.807, 2.05) is 60.7 Å². The number of benzene rings is 2. The topological polar surface area (TPSA) is 111 Å². The maximum atomic E-state index is 12.3. The molecule has 166 valence electrons. The molecule has 3 atom stereocenters. The van der Waals surface area contributed by atoms with E-state index in [9.17, 15) is 14.4 Å². The van der Waals surface area contributed by atoms with Gasteiger partial charge in [-0.2, -0.15) is 11.8 Å². The fourth-order valence-corrected chi connectivity index (χ4v) is 3.54. The largest absolute Gasteiger partial charge is 0.459 e. The van der Waals surface area contributed by atoms with Crippen molar-refractivity contribution < 1.29 is 19.1 Å². The Morgan fingerprint density at radius 2 is 1.42 bits per heavy atom. The summed E-state index contributed by atoms with van der Waals surface area (Å²) in [5.74, 6) is -0.272. The quantitative estimate of drug-likeness (QED) is 0.458. The van der Waals surface area contributed by atoms with E-state index in [4.69, 9.17) is 10.5 Å². The first-order valence-corrected chi connectivity index (χ1v) is 11.2. The second-order valence-electron chi connectivity index (χ2n) is 7.16. The van der Waals surface area contributed by atoms with Crippen molar-refractivity contribution >= 4 is 29.5 Å². The fraction of sp³-hybridized carbons (Fsp3) is 0.348. The van der Waals surface area contributed by atoms with Crippen molar-refractivity contribution in [1.29, 1.82) is 0 Å². The van der Waals surface area contributed by atoms with E-state index >= 15 is 0 Å². The van der Waals surface area contributed by atoms with E-state index in [1.54, 1.807) is 18.7 Å². The Labute approximate surface area is 187 Å². The Kier molecular flexibility index (Phi) is 10.1. The van der Waals surface area contributed by atoms with Crippen molar-refractivity contribution in [2.75, 3.05) is 5.75 Å². The van der Waals surface area contributed by atoms with Gasteiger partial charge in [0.25, 0.3) is 0 Å². The van der Waals surface area contributed by atoms with Crippen molar-refractivity contribution in [2.45, 2.75) is 44.3 Å². The van der Waals surface area contributed by atoms with E-state index in [0.717, 1.165) is 16.9 Å².